The van der Waals surface area contributed by atoms with Crippen molar-refractivity contribution < 1.29 is 18.5 Å². The van der Waals surface area contributed by atoms with Crippen molar-refractivity contribution in [1.82, 2.24) is 31.0 Å². The summed E-state index contributed by atoms with van der Waals surface area (Å²) < 4.78 is 20.6. The molecule has 0 saturated carbocycles. The Labute approximate surface area is 237 Å². The van der Waals surface area contributed by atoms with Crippen LogP contribution < -0.4 is 15.5 Å². The van der Waals surface area contributed by atoms with E-state index in [0.29, 0.717) is 34.9 Å². The smallest absolute Gasteiger partial charge is 0.273 e. The molecule has 0 spiro atoms. The standard InChI is InChI=1S/C30H34FN7O3/c1-6-25(39)34-20-10-7-17(2)38(16-20)28-26-21(11-12-32-27(26)35-36-28)18-8-9-19(22(31)13-18)15-33-29(40)23-14-24(41-37-23)30(3,4)5/h6,8-9,11-14,17,20H,1,7,10,15-16H2,2-5H3,(H,33,40)(H,34,39)(H,32,35,36)/t17-,20+/m0/s1. The van der Waals surface area contributed by atoms with E-state index in [1.807, 2.05) is 32.9 Å². The first kappa shape index (κ1) is 28.0. The number of carbonyl (C=O) groups is 2. The van der Waals surface area contributed by atoms with Crippen LogP contribution in [0.1, 0.15) is 62.3 Å². The second kappa shape index (κ2) is 11.1. The zero-order chi connectivity index (χ0) is 29.3. The molecule has 11 heteroatoms. The molecule has 4 heterocycles. The van der Waals surface area contributed by atoms with Crippen molar-refractivity contribution in [1.29, 1.82) is 0 Å². The van der Waals surface area contributed by atoms with Crippen LogP contribution in [-0.4, -0.2) is 50.8 Å². The highest BCUT2D eigenvalue weighted by molar-refractivity contribution is 6.01. The number of carbonyl (C=O) groups excluding carboxylic acids is 2. The van der Waals surface area contributed by atoms with Crippen LogP contribution >= 0.6 is 0 Å². The first-order valence-corrected chi connectivity index (χ1v) is 13.6. The molecule has 3 N–H and O–H groups in total. The van der Waals surface area contributed by atoms with Gasteiger partial charge in [0.05, 0.1) is 5.39 Å². The molecule has 4 aromatic rings. The molecule has 2 atom stereocenters. The van der Waals surface area contributed by atoms with Crippen molar-refractivity contribution in [2.24, 2.45) is 0 Å². The van der Waals surface area contributed by atoms with Gasteiger partial charge in [0.25, 0.3) is 5.91 Å². The Morgan fingerprint density at radius 3 is 2.76 bits per heavy atom. The predicted octanol–water partition coefficient (Wildman–Crippen LogP) is 4.64. The van der Waals surface area contributed by atoms with Gasteiger partial charge in [-0.2, -0.15) is 5.10 Å². The number of fused-ring (bicyclic) bond motifs is 1. The molecule has 1 fully saturated rings. The zero-order valence-electron chi connectivity index (χ0n) is 23.6. The lowest BCUT2D eigenvalue weighted by Crippen LogP contribution is -2.51. The molecule has 0 bridgehead atoms. The van der Waals surface area contributed by atoms with Crippen LogP contribution in [0.15, 0.2) is 53.7 Å². The number of aromatic nitrogens is 4. The van der Waals surface area contributed by atoms with Gasteiger partial charge in [0, 0.05) is 48.4 Å². The average Bonchev–Trinajstić information content (AvgIpc) is 3.61. The Morgan fingerprint density at radius 2 is 2.05 bits per heavy atom. The first-order valence-electron chi connectivity index (χ1n) is 13.6. The Bertz CT molecular complexity index is 1600. The zero-order valence-corrected chi connectivity index (χ0v) is 23.6. The molecule has 214 valence electrons. The van der Waals surface area contributed by atoms with Gasteiger partial charge >= 0.3 is 0 Å². The second-order valence-electron chi connectivity index (χ2n) is 11.4. The third-order valence-corrected chi connectivity index (χ3v) is 7.41. The Kier molecular flexibility index (Phi) is 7.61. The number of pyridine rings is 1. The van der Waals surface area contributed by atoms with Crippen LogP contribution in [0.5, 0.6) is 0 Å². The molecule has 1 aliphatic rings. The molecule has 5 rings (SSSR count). The highest BCUT2D eigenvalue weighted by Gasteiger charge is 2.30. The van der Waals surface area contributed by atoms with E-state index in [9.17, 15) is 9.59 Å². The summed E-state index contributed by atoms with van der Waals surface area (Å²) in [5.41, 5.74) is 2.22. The van der Waals surface area contributed by atoms with Crippen LogP contribution in [0.2, 0.25) is 0 Å². The minimum Gasteiger partial charge on any atom is -0.360 e. The lowest BCUT2D eigenvalue weighted by atomic mass is 9.93. The first-order chi connectivity index (χ1) is 19.5. The van der Waals surface area contributed by atoms with Crippen molar-refractivity contribution in [3.05, 3.63) is 72.0 Å². The Hall–Kier alpha value is -4.54. The monoisotopic (exact) mass is 559 g/mol. The normalized spacial score (nSPS) is 17.4. The number of nitrogens with zero attached hydrogens (tertiary/aromatic N) is 4. The molecule has 0 radical (unpaired) electrons. The fraction of sp³-hybridized carbons (Fsp3) is 0.367. The van der Waals surface area contributed by atoms with Crippen molar-refractivity contribution in [3.8, 4) is 11.1 Å². The molecular formula is C30H34FN7O3. The van der Waals surface area contributed by atoms with Crippen LogP contribution in [0.25, 0.3) is 22.2 Å². The summed E-state index contributed by atoms with van der Waals surface area (Å²) in [4.78, 5) is 31.1. The lowest BCUT2D eigenvalue weighted by Gasteiger charge is -2.38. The molecule has 10 nitrogen and oxygen atoms in total. The van der Waals surface area contributed by atoms with E-state index in [1.165, 1.54) is 12.1 Å². The quantitative estimate of drug-likeness (QED) is 0.281. The number of piperidine rings is 1. The molecule has 1 aliphatic heterocycles. The maximum absolute atomic E-state index is 15.3. The molecule has 1 aromatic carbocycles. The van der Waals surface area contributed by atoms with Crippen molar-refractivity contribution in [2.45, 2.75) is 64.6 Å². The fourth-order valence-corrected chi connectivity index (χ4v) is 5.02. The topological polar surface area (TPSA) is 129 Å². The van der Waals surface area contributed by atoms with Gasteiger partial charge in [0.1, 0.15) is 11.6 Å². The van der Waals surface area contributed by atoms with Crippen molar-refractivity contribution in [2.75, 3.05) is 11.4 Å². The van der Waals surface area contributed by atoms with Gasteiger partial charge in [0.2, 0.25) is 5.91 Å². The van der Waals surface area contributed by atoms with E-state index in [0.717, 1.165) is 23.8 Å². The number of hydrogen-bond acceptors (Lipinski definition) is 7. The highest BCUT2D eigenvalue weighted by Crippen LogP contribution is 2.36. The SMILES string of the molecule is C=CC(=O)N[C@@H]1CC[C@H](C)N(c2n[nH]c3nccc(-c4ccc(CNC(=O)c5cc(C(C)(C)C)on5)c(F)c4)c23)C1. The number of nitrogens with one attached hydrogen (secondary N) is 3. The maximum atomic E-state index is 15.3. The molecule has 0 unspecified atom stereocenters. The number of hydrogen-bond donors (Lipinski definition) is 3. The summed E-state index contributed by atoms with van der Waals surface area (Å²) in [6.07, 6.45) is 4.65. The van der Waals surface area contributed by atoms with Crippen LogP contribution in [0, 0.1) is 5.82 Å². The number of benzene rings is 1. The fourth-order valence-electron chi connectivity index (χ4n) is 5.02. The summed E-state index contributed by atoms with van der Waals surface area (Å²) in [5, 5.41) is 17.9. The van der Waals surface area contributed by atoms with Crippen LogP contribution in [-0.2, 0) is 16.8 Å². The second-order valence-corrected chi connectivity index (χ2v) is 11.4. The number of aromatic amines is 1. The third kappa shape index (κ3) is 5.84. The van der Waals surface area contributed by atoms with Gasteiger partial charge in [-0.1, -0.05) is 44.6 Å². The molecular weight excluding hydrogens is 525 g/mol. The highest BCUT2D eigenvalue weighted by atomic mass is 19.1. The number of halogens is 1. The van der Waals surface area contributed by atoms with E-state index >= 15 is 4.39 Å². The summed E-state index contributed by atoms with van der Waals surface area (Å²) >= 11 is 0. The summed E-state index contributed by atoms with van der Waals surface area (Å²) in [5.74, 6) is 0.196. The molecule has 3 aromatic heterocycles. The summed E-state index contributed by atoms with van der Waals surface area (Å²) in [6.45, 7) is 12.1. The van der Waals surface area contributed by atoms with E-state index in [-0.39, 0.29) is 35.6 Å². The third-order valence-electron chi connectivity index (χ3n) is 7.41. The van der Waals surface area contributed by atoms with Gasteiger partial charge in [-0.3, -0.25) is 14.7 Å². The molecule has 0 aliphatic carbocycles. The molecule has 41 heavy (non-hydrogen) atoms. The molecule has 2 amide bonds. The van der Waals surface area contributed by atoms with Crippen molar-refractivity contribution in [3.63, 3.8) is 0 Å². The predicted molar refractivity (Wildman–Crippen MR) is 154 cm³/mol. The van der Waals surface area contributed by atoms with E-state index in [1.54, 1.807) is 18.3 Å². The average molecular weight is 560 g/mol. The van der Waals surface area contributed by atoms with E-state index in [4.69, 9.17) is 4.52 Å². The van der Waals surface area contributed by atoms with E-state index < -0.39 is 11.7 Å². The largest absolute Gasteiger partial charge is 0.360 e. The van der Waals surface area contributed by atoms with E-state index in [2.05, 4.69) is 49.4 Å². The number of rotatable bonds is 7. The Balaban J connectivity index is 1.37. The van der Waals surface area contributed by atoms with Crippen LogP contribution in [0.3, 0.4) is 0 Å². The Morgan fingerprint density at radius 1 is 1.24 bits per heavy atom. The molecule has 1 saturated heterocycles. The minimum atomic E-state index is -0.452. The lowest BCUT2D eigenvalue weighted by molar-refractivity contribution is -0.117. The summed E-state index contributed by atoms with van der Waals surface area (Å²) in [6, 6.07) is 8.49. The van der Waals surface area contributed by atoms with Crippen molar-refractivity contribution >= 4 is 28.7 Å². The maximum Gasteiger partial charge on any atom is 0.273 e. The van der Waals surface area contributed by atoms with Gasteiger partial charge in [-0.25, -0.2) is 9.37 Å². The minimum absolute atomic E-state index is 0.00547. The van der Waals surface area contributed by atoms with Crippen LogP contribution in [0.4, 0.5) is 10.2 Å². The summed E-state index contributed by atoms with van der Waals surface area (Å²) in [7, 11) is 0. The van der Waals surface area contributed by atoms with Gasteiger partial charge in [-0.05, 0) is 49.1 Å². The number of amides is 2. The van der Waals surface area contributed by atoms with Gasteiger partial charge in [0.15, 0.2) is 17.2 Å². The van der Waals surface area contributed by atoms with Gasteiger partial charge < -0.3 is 20.1 Å². The number of H-pyrrole nitrogens is 1. The number of anilines is 1. The van der Waals surface area contributed by atoms with Gasteiger partial charge in [-0.15, -0.1) is 0 Å².